The fraction of sp³-hybridized carbons (Fsp3) is 0.400. The minimum Gasteiger partial charge on any atom is -0.375 e. The summed E-state index contributed by atoms with van der Waals surface area (Å²) in [6.07, 6.45) is -1.03. The number of hydrogen-bond donors (Lipinski definition) is 0. The van der Waals surface area contributed by atoms with Crippen LogP contribution in [0.5, 0.6) is 0 Å². The van der Waals surface area contributed by atoms with Crippen LogP contribution in [0, 0.1) is 6.07 Å². The monoisotopic (exact) mass is 180 g/mol. The van der Waals surface area contributed by atoms with Gasteiger partial charge in [0, 0.05) is 18.3 Å². The molecule has 0 aliphatic carbocycles. The maximum atomic E-state index is 13.3. The minimum absolute atomic E-state index is 0.155. The van der Waals surface area contributed by atoms with Gasteiger partial charge in [-0.15, -0.1) is 0 Å². The third-order valence-electron chi connectivity index (χ3n) is 2.07. The highest BCUT2D eigenvalue weighted by Gasteiger charge is 2.21. The van der Waals surface area contributed by atoms with Gasteiger partial charge in [-0.3, -0.25) is 0 Å². The maximum Gasteiger partial charge on any atom is 0.196 e. The summed E-state index contributed by atoms with van der Waals surface area (Å²) >= 11 is 0. The number of morpholine rings is 1. The summed E-state index contributed by atoms with van der Waals surface area (Å²) in [5, 5.41) is 0. The molecule has 13 heavy (non-hydrogen) atoms. The number of rotatable bonds is 1. The summed E-state index contributed by atoms with van der Waals surface area (Å²) in [7, 11) is 0. The summed E-state index contributed by atoms with van der Waals surface area (Å²) in [5.74, 6) is 0. The van der Waals surface area contributed by atoms with Crippen LogP contribution < -0.4 is 4.90 Å². The standard InChI is InChI=1S/C10H11FNO/c11-10-8-13-7-6-12(10)9-4-2-1-3-5-9/h1-4,10H,6-8H2. The number of alkyl halides is 1. The van der Waals surface area contributed by atoms with Gasteiger partial charge in [0.1, 0.15) is 0 Å². The van der Waals surface area contributed by atoms with E-state index < -0.39 is 6.30 Å². The Morgan fingerprint density at radius 1 is 1.54 bits per heavy atom. The molecule has 1 radical (unpaired) electrons. The smallest absolute Gasteiger partial charge is 0.196 e. The molecule has 1 aromatic rings. The van der Waals surface area contributed by atoms with E-state index in [0.29, 0.717) is 13.2 Å². The van der Waals surface area contributed by atoms with Gasteiger partial charge in [0.25, 0.3) is 0 Å². The average Bonchev–Trinajstić information content (AvgIpc) is 2.20. The van der Waals surface area contributed by atoms with Gasteiger partial charge in [0.05, 0.1) is 13.2 Å². The second-order valence-corrected chi connectivity index (χ2v) is 2.95. The third-order valence-corrected chi connectivity index (χ3v) is 2.07. The molecule has 2 nitrogen and oxygen atoms in total. The molecule has 1 unspecified atom stereocenters. The van der Waals surface area contributed by atoms with Crippen molar-refractivity contribution >= 4 is 5.69 Å². The number of anilines is 1. The lowest BCUT2D eigenvalue weighted by atomic mass is 10.2. The van der Waals surface area contributed by atoms with E-state index in [1.165, 1.54) is 0 Å². The van der Waals surface area contributed by atoms with E-state index in [4.69, 9.17) is 4.74 Å². The second kappa shape index (κ2) is 3.75. The largest absolute Gasteiger partial charge is 0.375 e. The van der Waals surface area contributed by atoms with Crippen LogP contribution in [0.15, 0.2) is 24.3 Å². The lowest BCUT2D eigenvalue weighted by Gasteiger charge is -2.32. The number of ether oxygens (including phenoxy) is 1. The van der Waals surface area contributed by atoms with Crippen molar-refractivity contribution in [1.29, 1.82) is 0 Å². The molecule has 0 aromatic heterocycles. The molecular formula is C10H11FNO. The van der Waals surface area contributed by atoms with Crippen molar-refractivity contribution in [3.8, 4) is 0 Å². The maximum absolute atomic E-state index is 13.3. The van der Waals surface area contributed by atoms with Crippen LogP contribution >= 0.6 is 0 Å². The molecule has 0 bridgehead atoms. The number of nitrogens with zero attached hydrogens (tertiary/aromatic N) is 1. The first-order valence-corrected chi connectivity index (χ1v) is 4.33. The Morgan fingerprint density at radius 2 is 2.46 bits per heavy atom. The lowest BCUT2D eigenvalue weighted by molar-refractivity contribution is 0.0496. The summed E-state index contributed by atoms with van der Waals surface area (Å²) in [6.45, 7) is 1.34. The Bertz CT molecular complexity index is 265. The number of hydrogen-bond acceptors (Lipinski definition) is 2. The number of halogens is 1. The van der Waals surface area contributed by atoms with Crippen LogP contribution in [0.3, 0.4) is 0 Å². The van der Waals surface area contributed by atoms with E-state index in [9.17, 15) is 4.39 Å². The molecule has 1 heterocycles. The van der Waals surface area contributed by atoms with Gasteiger partial charge in [-0.2, -0.15) is 0 Å². The van der Waals surface area contributed by atoms with E-state index in [-0.39, 0.29) is 6.61 Å². The predicted molar refractivity (Wildman–Crippen MR) is 48.3 cm³/mol. The van der Waals surface area contributed by atoms with Crippen molar-refractivity contribution in [3.05, 3.63) is 30.3 Å². The van der Waals surface area contributed by atoms with E-state index in [1.54, 1.807) is 11.0 Å². The van der Waals surface area contributed by atoms with Crippen LogP contribution in [0.25, 0.3) is 0 Å². The highest BCUT2D eigenvalue weighted by Crippen LogP contribution is 2.18. The Kier molecular flexibility index (Phi) is 2.45. The molecule has 2 rings (SSSR count). The molecule has 1 aliphatic heterocycles. The Labute approximate surface area is 76.9 Å². The van der Waals surface area contributed by atoms with Gasteiger partial charge in [-0.1, -0.05) is 18.2 Å². The van der Waals surface area contributed by atoms with E-state index in [2.05, 4.69) is 6.07 Å². The van der Waals surface area contributed by atoms with Crippen molar-refractivity contribution in [2.75, 3.05) is 24.7 Å². The molecule has 1 atom stereocenters. The fourth-order valence-electron chi connectivity index (χ4n) is 1.41. The van der Waals surface area contributed by atoms with E-state index in [1.807, 2.05) is 18.2 Å². The molecule has 0 spiro atoms. The quantitative estimate of drug-likeness (QED) is 0.609. The topological polar surface area (TPSA) is 12.5 Å². The average molecular weight is 180 g/mol. The van der Waals surface area contributed by atoms with Crippen molar-refractivity contribution in [3.63, 3.8) is 0 Å². The molecular weight excluding hydrogens is 169 g/mol. The Balaban J connectivity index is 2.15. The molecule has 0 N–H and O–H groups in total. The molecule has 1 saturated heterocycles. The zero-order valence-corrected chi connectivity index (χ0v) is 7.24. The Morgan fingerprint density at radius 3 is 3.15 bits per heavy atom. The number of benzene rings is 1. The normalized spacial score (nSPS) is 23.2. The summed E-state index contributed by atoms with van der Waals surface area (Å²) in [5.41, 5.74) is 0.804. The van der Waals surface area contributed by atoms with Gasteiger partial charge in [0.2, 0.25) is 0 Å². The van der Waals surface area contributed by atoms with Crippen molar-refractivity contribution < 1.29 is 9.13 Å². The van der Waals surface area contributed by atoms with Gasteiger partial charge < -0.3 is 9.64 Å². The van der Waals surface area contributed by atoms with Crippen LogP contribution in [-0.2, 0) is 4.74 Å². The Hall–Kier alpha value is -1.09. The van der Waals surface area contributed by atoms with Crippen molar-refractivity contribution in [2.24, 2.45) is 0 Å². The van der Waals surface area contributed by atoms with Crippen LogP contribution in [0.4, 0.5) is 10.1 Å². The summed E-state index contributed by atoms with van der Waals surface area (Å²) in [6, 6.07) is 10.4. The predicted octanol–water partition coefficient (Wildman–Crippen LogP) is 1.62. The third kappa shape index (κ3) is 1.80. The van der Waals surface area contributed by atoms with Crippen LogP contribution in [0.2, 0.25) is 0 Å². The van der Waals surface area contributed by atoms with Crippen LogP contribution in [0.1, 0.15) is 0 Å². The molecule has 1 aromatic carbocycles. The van der Waals surface area contributed by atoms with Gasteiger partial charge in [0.15, 0.2) is 6.30 Å². The van der Waals surface area contributed by atoms with Gasteiger partial charge in [-0.05, 0) is 6.07 Å². The van der Waals surface area contributed by atoms with Crippen LogP contribution in [-0.4, -0.2) is 26.1 Å². The zero-order valence-electron chi connectivity index (χ0n) is 7.24. The minimum atomic E-state index is -1.03. The SMILES string of the molecule is FC1COCCN1c1[c]cccc1. The first kappa shape index (κ1) is 8.51. The molecule has 0 amide bonds. The molecule has 1 fully saturated rings. The first-order chi connectivity index (χ1) is 6.38. The van der Waals surface area contributed by atoms with Gasteiger partial charge in [-0.25, -0.2) is 4.39 Å². The highest BCUT2D eigenvalue weighted by molar-refractivity contribution is 5.45. The van der Waals surface area contributed by atoms with Gasteiger partial charge >= 0.3 is 0 Å². The van der Waals surface area contributed by atoms with E-state index >= 15 is 0 Å². The molecule has 3 heteroatoms. The molecule has 1 aliphatic rings. The lowest BCUT2D eigenvalue weighted by Crippen LogP contribution is -2.42. The fourth-order valence-corrected chi connectivity index (χ4v) is 1.41. The van der Waals surface area contributed by atoms with Crippen molar-refractivity contribution in [1.82, 2.24) is 0 Å². The first-order valence-electron chi connectivity index (χ1n) is 4.33. The number of para-hydroxylation sites is 1. The second-order valence-electron chi connectivity index (χ2n) is 2.95. The zero-order chi connectivity index (χ0) is 9.10. The van der Waals surface area contributed by atoms with Crippen molar-refractivity contribution in [2.45, 2.75) is 6.30 Å². The molecule has 0 saturated carbocycles. The van der Waals surface area contributed by atoms with E-state index in [0.717, 1.165) is 5.69 Å². The summed E-state index contributed by atoms with van der Waals surface area (Å²) < 4.78 is 18.3. The molecule has 69 valence electrons. The highest BCUT2D eigenvalue weighted by atomic mass is 19.1. The summed E-state index contributed by atoms with van der Waals surface area (Å²) in [4.78, 5) is 1.67.